The monoisotopic (exact) mass is 1270 g/mol. The van der Waals surface area contributed by atoms with Crippen molar-refractivity contribution in [2.24, 2.45) is 9.98 Å². The lowest BCUT2D eigenvalue weighted by Gasteiger charge is -2.38. The average molecular weight is 1270 g/mol. The summed E-state index contributed by atoms with van der Waals surface area (Å²) in [5, 5.41) is 48.9. The van der Waals surface area contributed by atoms with Gasteiger partial charge in [-0.15, -0.1) is 0 Å². The van der Waals surface area contributed by atoms with E-state index < -0.39 is 54.7 Å². The van der Waals surface area contributed by atoms with Crippen LogP contribution < -0.4 is 34.9 Å². The minimum absolute atomic E-state index is 0.0540. The van der Waals surface area contributed by atoms with Gasteiger partial charge in [0.2, 0.25) is 18.1 Å². The van der Waals surface area contributed by atoms with Crippen LogP contribution in [0.3, 0.4) is 0 Å². The molecular formula is C67H66N8O18. The Hall–Kier alpha value is -10.5. The predicted octanol–water partition coefficient (Wildman–Crippen LogP) is 6.44. The lowest BCUT2D eigenvalue weighted by molar-refractivity contribution is -0.271. The van der Waals surface area contributed by atoms with Crippen LogP contribution in [-0.2, 0) is 40.1 Å². The van der Waals surface area contributed by atoms with Gasteiger partial charge in [0, 0.05) is 100.0 Å². The zero-order chi connectivity index (χ0) is 65.3. The number of carbonyl (C=O) groups is 8. The Bertz CT molecular complexity index is 3880. The fraction of sp³-hybridized carbons (Fsp3) is 0.313. The van der Waals surface area contributed by atoms with Gasteiger partial charge in [-0.3, -0.25) is 49.0 Å². The third-order valence-electron chi connectivity index (χ3n) is 16.2. The number of unbranched alkanes of at least 4 members (excludes halogenated alkanes) is 2. The van der Waals surface area contributed by atoms with E-state index in [2.05, 4.69) is 20.9 Å². The van der Waals surface area contributed by atoms with Crippen LogP contribution in [0.15, 0.2) is 138 Å². The molecule has 0 aromatic heterocycles. The Morgan fingerprint density at radius 1 is 0.645 bits per heavy atom. The molecule has 0 bridgehead atoms. The largest absolute Gasteiger partial charge is 0.497 e. The maximum Gasteiger partial charge on any atom is 0.411 e. The first-order valence-corrected chi connectivity index (χ1v) is 30.2. The Labute approximate surface area is 532 Å². The van der Waals surface area contributed by atoms with Gasteiger partial charge < -0.3 is 69.3 Å². The predicted molar refractivity (Wildman–Crippen MR) is 335 cm³/mol. The number of nitrogens with one attached hydrogen (secondary N) is 3. The zero-order valence-corrected chi connectivity index (χ0v) is 50.3. The molecule has 26 nitrogen and oxygen atoms in total. The average Bonchev–Trinajstić information content (AvgIpc) is 1.76. The third kappa shape index (κ3) is 15.1. The number of aliphatic carboxylic acids is 1. The van der Waals surface area contributed by atoms with Gasteiger partial charge in [-0.1, -0.05) is 36.8 Å². The normalized spacial score (nSPS) is 20.9. The van der Waals surface area contributed by atoms with Crippen LogP contribution in [0.25, 0.3) is 11.1 Å². The van der Waals surface area contributed by atoms with Crippen molar-refractivity contribution >= 4 is 93.8 Å². The fourth-order valence-corrected chi connectivity index (χ4v) is 11.2. The summed E-state index contributed by atoms with van der Waals surface area (Å²) < 4.78 is 34.0. The number of aliphatic hydroxyl groups excluding tert-OH is 3. The number of carboxylic acids is 1. The summed E-state index contributed by atoms with van der Waals surface area (Å²) in [7, 11) is 1.62. The van der Waals surface area contributed by atoms with E-state index in [0.29, 0.717) is 97.0 Å². The van der Waals surface area contributed by atoms with E-state index in [-0.39, 0.29) is 79.6 Å². The fourth-order valence-electron chi connectivity index (χ4n) is 11.2. The Morgan fingerprint density at radius 2 is 1.28 bits per heavy atom. The van der Waals surface area contributed by atoms with Crippen molar-refractivity contribution in [3.05, 3.63) is 155 Å². The molecule has 3 unspecified atom stereocenters. The number of aliphatic hydroxyl groups is 3. The Balaban J connectivity index is 0.647. The van der Waals surface area contributed by atoms with Crippen LogP contribution in [0.1, 0.15) is 88.8 Å². The topological polar surface area (TPSA) is 343 Å². The van der Waals surface area contributed by atoms with Crippen molar-refractivity contribution in [1.82, 2.24) is 20.0 Å². The van der Waals surface area contributed by atoms with Crippen LogP contribution in [-0.4, -0.2) is 171 Å². The number of methoxy groups -OCH3 is 1. The molecule has 6 aliphatic heterocycles. The molecule has 0 saturated carbocycles. The quantitative estimate of drug-likeness (QED) is 0.0244. The number of ether oxygens (including phenoxy) is 6. The van der Waals surface area contributed by atoms with Gasteiger partial charge in [-0.25, -0.2) is 9.59 Å². The van der Waals surface area contributed by atoms with E-state index in [0.717, 1.165) is 32.9 Å². The number of amides is 7. The van der Waals surface area contributed by atoms with Crippen LogP contribution in [0.4, 0.5) is 27.5 Å². The molecule has 482 valence electrons. The van der Waals surface area contributed by atoms with E-state index in [1.807, 2.05) is 36.5 Å². The zero-order valence-electron chi connectivity index (χ0n) is 50.3. The van der Waals surface area contributed by atoms with Crippen molar-refractivity contribution in [2.75, 3.05) is 44.0 Å². The summed E-state index contributed by atoms with van der Waals surface area (Å²) in [4.78, 5) is 116. The van der Waals surface area contributed by atoms with Crippen molar-refractivity contribution in [1.29, 1.82) is 0 Å². The van der Waals surface area contributed by atoms with Crippen LogP contribution in [0, 0.1) is 0 Å². The number of hydrogen-bond acceptors (Lipinski definition) is 19. The van der Waals surface area contributed by atoms with E-state index in [9.17, 15) is 58.8 Å². The van der Waals surface area contributed by atoms with Gasteiger partial charge in [0.25, 0.3) is 23.6 Å². The molecule has 7 N–H and O–H groups in total. The lowest BCUT2D eigenvalue weighted by atomic mass is 9.99. The second-order valence-electron chi connectivity index (χ2n) is 22.6. The van der Waals surface area contributed by atoms with E-state index in [1.165, 1.54) is 30.4 Å². The first kappa shape index (κ1) is 64.0. The lowest BCUT2D eigenvalue weighted by Crippen LogP contribution is -2.61. The maximum absolute atomic E-state index is 14.0. The van der Waals surface area contributed by atoms with Crippen molar-refractivity contribution in [3.63, 3.8) is 0 Å². The number of carboxylic acid groups (broad SMARTS) is 1. The smallest absolute Gasteiger partial charge is 0.411 e. The Kier molecular flexibility index (Phi) is 19.8. The molecule has 7 amide bonds. The minimum atomic E-state index is -1.99. The molecule has 5 aromatic carbocycles. The summed E-state index contributed by atoms with van der Waals surface area (Å²) in [5.74, 6) is -2.05. The van der Waals surface area contributed by atoms with Crippen molar-refractivity contribution in [3.8, 4) is 23.0 Å². The summed E-state index contributed by atoms with van der Waals surface area (Å²) in [6, 6.07) is 28.6. The van der Waals surface area contributed by atoms with Crippen LogP contribution in [0.5, 0.6) is 23.0 Å². The van der Waals surface area contributed by atoms with E-state index >= 15 is 0 Å². The van der Waals surface area contributed by atoms with Gasteiger partial charge in [0.1, 0.15) is 47.9 Å². The van der Waals surface area contributed by atoms with Crippen LogP contribution in [0.2, 0.25) is 0 Å². The molecule has 0 aliphatic carbocycles. The summed E-state index contributed by atoms with van der Waals surface area (Å²) >= 11 is 0. The first-order chi connectivity index (χ1) is 45.0. The highest BCUT2D eigenvalue weighted by Crippen LogP contribution is 2.39. The summed E-state index contributed by atoms with van der Waals surface area (Å²) in [5.41, 5.74) is 6.09. The highest BCUT2D eigenvalue weighted by atomic mass is 16.7. The number of carbonyl (C=O) groups excluding carboxylic acids is 7. The number of anilines is 2. The number of aliphatic imine (C=N–C) groups is 2. The van der Waals surface area contributed by atoms with Gasteiger partial charge in [0.15, 0.2) is 6.10 Å². The molecule has 5 aromatic rings. The highest BCUT2D eigenvalue weighted by molar-refractivity contribution is 6.13. The summed E-state index contributed by atoms with van der Waals surface area (Å²) in [6.07, 6.45) is 2.06. The second-order valence-corrected chi connectivity index (χ2v) is 22.6. The molecule has 93 heavy (non-hydrogen) atoms. The molecule has 1 saturated heterocycles. The number of fused-ring (bicyclic) bond motifs is 4. The molecule has 26 heteroatoms. The first-order valence-electron chi connectivity index (χ1n) is 30.2. The molecular weight excluding hydrogens is 1200 g/mol. The van der Waals surface area contributed by atoms with Gasteiger partial charge in [-0.2, -0.15) is 0 Å². The number of nitrogens with zero attached hydrogens (tertiary/aromatic N) is 5. The van der Waals surface area contributed by atoms with E-state index in [1.54, 1.807) is 90.1 Å². The van der Waals surface area contributed by atoms with Crippen molar-refractivity contribution in [2.45, 2.75) is 101 Å². The molecule has 0 spiro atoms. The third-order valence-corrected chi connectivity index (χ3v) is 16.2. The van der Waals surface area contributed by atoms with Gasteiger partial charge in [-0.05, 0) is 101 Å². The maximum atomic E-state index is 14.0. The number of benzene rings is 5. The molecule has 7 atom stereocenters. The number of imide groups is 1. The molecule has 6 aliphatic rings. The second kappa shape index (κ2) is 28.7. The highest BCUT2D eigenvalue weighted by Gasteiger charge is 2.48. The van der Waals surface area contributed by atoms with Gasteiger partial charge >= 0.3 is 12.1 Å². The van der Waals surface area contributed by atoms with Gasteiger partial charge in [0.05, 0.1) is 60.6 Å². The Morgan fingerprint density at radius 3 is 1.91 bits per heavy atom. The molecule has 0 radical (unpaired) electrons. The summed E-state index contributed by atoms with van der Waals surface area (Å²) in [6.45, 7) is 0.457. The SMILES string of the molecule is COc1ccc(C2=CN3C(=O)c4ccc(OCCCOc5ccc6c(c5)N=C[C@@H]5CC(c7cccc(NC(=O)OCc8ccc(O[C@@H]9OC(C(=O)O)[C@@H](O)C(O)C9O)c(NC(=O)CCNC(=O)CCCCCN9C(=O)C=CC9=O)c8)c7)=CN5C6=O)cc4N=C[C@@H]3C2)cc1. The van der Waals surface area contributed by atoms with Crippen LogP contribution >= 0.6 is 0 Å². The molecule has 6 heterocycles. The molecule has 1 fully saturated rings. The van der Waals surface area contributed by atoms with E-state index in [4.69, 9.17) is 33.4 Å². The standard InChI is InChI=1S/C67H66N8O18/c1-88-46-13-11-39(12-14-46)41-29-44-33-69-51-31-47(15-17-49(51)63(83)74(44)35-41)89-25-6-26-90-48-16-18-50-52(32-48)70-34-45-30-42(36-75(45)64(50)84)40-7-5-8-43(28-40)71-67(87)91-37-38-10-19-54(92-66-61(82)59(80)60(81)62(93-66)65(85)86)53(27-38)72-56(77)22-23-68-55(76)9-3-2-4-24-73-57(78)20-21-58(73)79/h5,7-8,10-21,27-28,31-36,44-45,59-62,66,80-82H,2-4,6,9,22-26,29-30,37H2,1H3,(H,68,76)(H,71,87)(H,72,77)(H,85,86)/t44-,45-,59?,60-,61?,62?,66+/m0/s1. The van der Waals surface area contributed by atoms with Crippen molar-refractivity contribution < 1.29 is 87.2 Å². The molecule has 11 rings (SSSR count). The number of hydrogen-bond donors (Lipinski definition) is 7. The minimum Gasteiger partial charge on any atom is -0.497 e. The number of rotatable bonds is 25.